The van der Waals surface area contributed by atoms with Crippen LogP contribution in [0.15, 0.2) is 24.3 Å². The molecule has 0 spiro atoms. The van der Waals surface area contributed by atoms with Gasteiger partial charge >= 0.3 is 0 Å². The van der Waals surface area contributed by atoms with E-state index in [0.717, 1.165) is 26.2 Å². The first-order valence-electron chi connectivity index (χ1n) is 8.24. The van der Waals surface area contributed by atoms with Crippen LogP contribution in [0, 0.1) is 6.92 Å². The molecule has 0 bridgehead atoms. The second-order valence-corrected chi connectivity index (χ2v) is 6.07. The van der Waals surface area contributed by atoms with Crippen molar-refractivity contribution in [3.8, 4) is 0 Å². The first kappa shape index (κ1) is 18.1. The molecule has 3 nitrogen and oxygen atoms in total. The van der Waals surface area contributed by atoms with E-state index in [-0.39, 0.29) is 0 Å². The fraction of sp³-hybridized carbons (Fsp3) is 0.667. The summed E-state index contributed by atoms with van der Waals surface area (Å²) < 4.78 is 0. The Labute approximate surface area is 131 Å². The number of rotatable bonds is 10. The molecule has 1 aromatic carbocycles. The summed E-state index contributed by atoms with van der Waals surface area (Å²) >= 11 is 0. The predicted octanol–water partition coefficient (Wildman–Crippen LogP) is 2.92. The van der Waals surface area contributed by atoms with Crippen LogP contribution in [-0.2, 0) is 0 Å². The maximum absolute atomic E-state index is 3.66. The van der Waals surface area contributed by atoms with E-state index >= 15 is 0 Å². The number of hydrogen-bond acceptors (Lipinski definition) is 3. The van der Waals surface area contributed by atoms with Gasteiger partial charge in [0, 0.05) is 25.7 Å². The van der Waals surface area contributed by atoms with Crippen molar-refractivity contribution in [1.29, 1.82) is 0 Å². The number of nitrogens with one attached hydrogen (secondary N) is 1. The molecule has 1 N–H and O–H groups in total. The smallest absolute Gasteiger partial charge is 0.0451 e. The van der Waals surface area contributed by atoms with Crippen LogP contribution in [0.1, 0.15) is 37.4 Å². The van der Waals surface area contributed by atoms with Gasteiger partial charge in [-0.3, -0.25) is 0 Å². The van der Waals surface area contributed by atoms with Gasteiger partial charge in [-0.15, -0.1) is 0 Å². The average molecular weight is 291 g/mol. The third kappa shape index (κ3) is 6.60. The standard InChI is InChI=1S/C18H33N3/c1-6-12-21(14-13-20(4)5)15-18(19-7-2)17-11-9-8-10-16(17)3/h8-11,18-19H,6-7,12-15H2,1-5H3. The van der Waals surface area contributed by atoms with E-state index in [9.17, 15) is 0 Å². The zero-order chi connectivity index (χ0) is 15.7. The second-order valence-electron chi connectivity index (χ2n) is 6.07. The summed E-state index contributed by atoms with van der Waals surface area (Å²) in [6.45, 7) is 12.2. The van der Waals surface area contributed by atoms with E-state index in [1.54, 1.807) is 0 Å². The monoisotopic (exact) mass is 291 g/mol. The molecular formula is C18H33N3. The summed E-state index contributed by atoms with van der Waals surface area (Å²) in [5.41, 5.74) is 2.82. The highest BCUT2D eigenvalue weighted by atomic mass is 15.2. The summed E-state index contributed by atoms with van der Waals surface area (Å²) in [4.78, 5) is 4.85. The highest BCUT2D eigenvalue weighted by molar-refractivity contribution is 5.29. The number of likely N-dealkylation sites (N-methyl/N-ethyl adjacent to an activating group) is 2. The van der Waals surface area contributed by atoms with Crippen LogP contribution in [0.25, 0.3) is 0 Å². The molecule has 0 fully saturated rings. The normalized spacial score (nSPS) is 13.1. The summed E-state index contributed by atoms with van der Waals surface area (Å²) in [5.74, 6) is 0. The Bertz CT molecular complexity index is 390. The van der Waals surface area contributed by atoms with Crippen molar-refractivity contribution < 1.29 is 0 Å². The maximum atomic E-state index is 3.66. The third-order valence-corrected chi connectivity index (χ3v) is 3.86. The lowest BCUT2D eigenvalue weighted by molar-refractivity contribution is 0.219. The van der Waals surface area contributed by atoms with Crippen molar-refractivity contribution in [2.75, 3.05) is 46.8 Å². The summed E-state index contributed by atoms with van der Waals surface area (Å²) in [6, 6.07) is 9.17. The Balaban J connectivity index is 2.76. The van der Waals surface area contributed by atoms with Gasteiger partial charge in [-0.2, -0.15) is 0 Å². The lowest BCUT2D eigenvalue weighted by Gasteiger charge is -2.29. The van der Waals surface area contributed by atoms with E-state index < -0.39 is 0 Å². The molecule has 0 saturated heterocycles. The third-order valence-electron chi connectivity index (χ3n) is 3.86. The van der Waals surface area contributed by atoms with Crippen molar-refractivity contribution in [1.82, 2.24) is 15.1 Å². The minimum atomic E-state index is 0.421. The van der Waals surface area contributed by atoms with E-state index in [4.69, 9.17) is 0 Å². The number of nitrogens with zero attached hydrogens (tertiary/aromatic N) is 2. The summed E-state index contributed by atoms with van der Waals surface area (Å²) in [6.07, 6.45) is 1.21. The molecule has 1 unspecified atom stereocenters. The Morgan fingerprint density at radius 2 is 1.76 bits per heavy atom. The van der Waals surface area contributed by atoms with Crippen LogP contribution in [-0.4, -0.2) is 56.6 Å². The lowest BCUT2D eigenvalue weighted by Crippen LogP contribution is -2.39. The Kier molecular flexibility index (Phi) is 8.58. The van der Waals surface area contributed by atoms with Crippen molar-refractivity contribution in [2.45, 2.75) is 33.2 Å². The van der Waals surface area contributed by atoms with E-state index in [1.807, 2.05) is 0 Å². The molecule has 0 heterocycles. The molecule has 1 atom stereocenters. The minimum Gasteiger partial charge on any atom is -0.309 e. The molecule has 3 heteroatoms. The van der Waals surface area contributed by atoms with Crippen LogP contribution in [0.5, 0.6) is 0 Å². The van der Waals surface area contributed by atoms with Gasteiger partial charge in [0.2, 0.25) is 0 Å². The fourth-order valence-corrected chi connectivity index (χ4v) is 2.71. The van der Waals surface area contributed by atoms with Crippen molar-refractivity contribution >= 4 is 0 Å². The molecule has 0 aliphatic rings. The van der Waals surface area contributed by atoms with Crippen molar-refractivity contribution in [3.63, 3.8) is 0 Å². The van der Waals surface area contributed by atoms with Gasteiger partial charge in [-0.05, 0) is 51.7 Å². The van der Waals surface area contributed by atoms with Crippen LogP contribution >= 0.6 is 0 Å². The average Bonchev–Trinajstić information content (AvgIpc) is 2.45. The predicted molar refractivity (Wildman–Crippen MR) is 92.9 cm³/mol. The summed E-state index contributed by atoms with van der Waals surface area (Å²) in [5, 5.41) is 3.66. The van der Waals surface area contributed by atoms with Crippen LogP contribution in [0.4, 0.5) is 0 Å². The molecular weight excluding hydrogens is 258 g/mol. The first-order valence-corrected chi connectivity index (χ1v) is 8.24. The Morgan fingerprint density at radius 1 is 1.05 bits per heavy atom. The topological polar surface area (TPSA) is 18.5 Å². The SMILES string of the molecule is CCCN(CCN(C)C)CC(NCC)c1ccccc1C. The van der Waals surface area contributed by atoms with Crippen LogP contribution in [0.3, 0.4) is 0 Å². The van der Waals surface area contributed by atoms with Crippen molar-refractivity contribution in [3.05, 3.63) is 35.4 Å². The zero-order valence-electron chi connectivity index (χ0n) is 14.5. The second kappa shape index (κ2) is 9.93. The minimum absolute atomic E-state index is 0.421. The molecule has 0 aliphatic heterocycles. The maximum Gasteiger partial charge on any atom is 0.0451 e. The number of hydrogen-bond donors (Lipinski definition) is 1. The molecule has 1 rings (SSSR count). The molecule has 0 radical (unpaired) electrons. The lowest BCUT2D eigenvalue weighted by atomic mass is 10.0. The quantitative estimate of drug-likeness (QED) is 0.715. The Hall–Kier alpha value is -0.900. The molecule has 0 aromatic heterocycles. The summed E-state index contributed by atoms with van der Waals surface area (Å²) in [7, 11) is 4.29. The van der Waals surface area contributed by atoms with Gasteiger partial charge < -0.3 is 15.1 Å². The molecule has 1 aromatic rings. The van der Waals surface area contributed by atoms with Gasteiger partial charge in [0.25, 0.3) is 0 Å². The van der Waals surface area contributed by atoms with E-state index in [2.05, 4.69) is 74.2 Å². The molecule has 120 valence electrons. The van der Waals surface area contributed by atoms with Gasteiger partial charge in [0.1, 0.15) is 0 Å². The fourth-order valence-electron chi connectivity index (χ4n) is 2.71. The number of benzene rings is 1. The van der Waals surface area contributed by atoms with Crippen molar-refractivity contribution in [2.24, 2.45) is 0 Å². The van der Waals surface area contributed by atoms with E-state index in [0.29, 0.717) is 6.04 Å². The van der Waals surface area contributed by atoms with Crippen LogP contribution < -0.4 is 5.32 Å². The van der Waals surface area contributed by atoms with Gasteiger partial charge in [-0.25, -0.2) is 0 Å². The first-order chi connectivity index (χ1) is 10.1. The largest absolute Gasteiger partial charge is 0.309 e. The zero-order valence-corrected chi connectivity index (χ0v) is 14.5. The molecule has 21 heavy (non-hydrogen) atoms. The van der Waals surface area contributed by atoms with Gasteiger partial charge in [0.05, 0.1) is 0 Å². The van der Waals surface area contributed by atoms with Gasteiger partial charge in [0.15, 0.2) is 0 Å². The number of aryl methyl sites for hydroxylation is 1. The molecule has 0 aliphatic carbocycles. The highest BCUT2D eigenvalue weighted by Crippen LogP contribution is 2.18. The van der Waals surface area contributed by atoms with E-state index in [1.165, 1.54) is 24.1 Å². The van der Waals surface area contributed by atoms with Crippen LogP contribution in [0.2, 0.25) is 0 Å². The molecule has 0 amide bonds. The molecule has 0 saturated carbocycles. The van der Waals surface area contributed by atoms with Gasteiger partial charge in [-0.1, -0.05) is 38.1 Å². The highest BCUT2D eigenvalue weighted by Gasteiger charge is 2.16. The Morgan fingerprint density at radius 3 is 2.33 bits per heavy atom.